The van der Waals surface area contributed by atoms with Crippen molar-refractivity contribution in [3.05, 3.63) is 0 Å². The number of hydrogen-bond acceptors (Lipinski definition) is 3. The summed E-state index contributed by atoms with van der Waals surface area (Å²) in [7, 11) is 0. The van der Waals surface area contributed by atoms with Crippen molar-refractivity contribution in [3.8, 4) is 6.07 Å². The van der Waals surface area contributed by atoms with Gasteiger partial charge in [-0.3, -0.25) is 0 Å². The molecule has 1 heterocycles. The van der Waals surface area contributed by atoms with Gasteiger partial charge in [0.1, 0.15) is 0 Å². The fourth-order valence-corrected chi connectivity index (χ4v) is 3.84. The Balaban J connectivity index is 2.11. The van der Waals surface area contributed by atoms with E-state index in [9.17, 15) is 10.4 Å². The van der Waals surface area contributed by atoms with E-state index >= 15 is 0 Å². The molecule has 2 aliphatic rings. The maximum atomic E-state index is 11.0. The predicted octanol–water partition coefficient (Wildman–Crippen LogP) is 2.55. The molecule has 2 fully saturated rings. The zero-order chi connectivity index (χ0) is 13.2. The highest BCUT2D eigenvalue weighted by Crippen LogP contribution is 2.53. The first-order valence-corrected chi connectivity index (χ1v) is 7.45. The first-order valence-electron chi connectivity index (χ1n) is 7.45. The minimum atomic E-state index is -0.739. The summed E-state index contributed by atoms with van der Waals surface area (Å²) in [4.78, 5) is 2.37. The maximum Gasteiger partial charge on any atom is 0.0864 e. The number of piperidine rings is 1. The molecule has 1 saturated heterocycles. The van der Waals surface area contributed by atoms with Crippen LogP contribution in [0, 0.1) is 22.7 Å². The van der Waals surface area contributed by atoms with E-state index < -0.39 is 11.0 Å². The van der Waals surface area contributed by atoms with Crippen molar-refractivity contribution in [2.24, 2.45) is 11.3 Å². The Bertz CT molecular complexity index is 328. The minimum Gasteiger partial charge on any atom is -0.388 e. The fourth-order valence-electron chi connectivity index (χ4n) is 3.84. The van der Waals surface area contributed by atoms with E-state index in [1.165, 1.54) is 0 Å². The van der Waals surface area contributed by atoms with E-state index in [1.54, 1.807) is 0 Å². The lowest BCUT2D eigenvalue weighted by atomic mass is 9.66. The van der Waals surface area contributed by atoms with Gasteiger partial charge in [-0.05, 0) is 44.6 Å². The third-order valence-electron chi connectivity index (χ3n) is 5.43. The summed E-state index contributed by atoms with van der Waals surface area (Å²) in [6.07, 6.45) is 5.59. The van der Waals surface area contributed by atoms with Gasteiger partial charge in [0.15, 0.2) is 0 Å². The van der Waals surface area contributed by atoms with Crippen molar-refractivity contribution in [1.82, 2.24) is 4.90 Å². The summed E-state index contributed by atoms with van der Waals surface area (Å²) in [6, 6.07) is 2.52. The monoisotopic (exact) mass is 250 g/mol. The van der Waals surface area contributed by atoms with Crippen molar-refractivity contribution >= 4 is 0 Å². The van der Waals surface area contributed by atoms with E-state index in [0.29, 0.717) is 5.92 Å². The molecule has 1 aliphatic heterocycles. The average Bonchev–Trinajstić information content (AvgIpc) is 2.85. The summed E-state index contributed by atoms with van der Waals surface area (Å²) in [5.74, 6) is 0.637. The van der Waals surface area contributed by atoms with Crippen LogP contribution in [0.3, 0.4) is 0 Å². The zero-order valence-electron chi connectivity index (χ0n) is 11.8. The molecule has 3 nitrogen and oxygen atoms in total. The molecule has 1 aliphatic carbocycles. The third kappa shape index (κ3) is 2.17. The van der Waals surface area contributed by atoms with Crippen molar-refractivity contribution in [2.75, 3.05) is 19.6 Å². The van der Waals surface area contributed by atoms with Gasteiger partial charge in [0.05, 0.1) is 17.1 Å². The van der Waals surface area contributed by atoms with Crippen LogP contribution in [-0.4, -0.2) is 35.2 Å². The van der Waals surface area contributed by atoms with Gasteiger partial charge < -0.3 is 10.0 Å². The van der Waals surface area contributed by atoms with Crippen molar-refractivity contribution in [3.63, 3.8) is 0 Å². The molecule has 0 aromatic rings. The van der Waals surface area contributed by atoms with Crippen LogP contribution in [-0.2, 0) is 0 Å². The van der Waals surface area contributed by atoms with Crippen LogP contribution >= 0.6 is 0 Å². The Hall–Kier alpha value is -0.590. The quantitative estimate of drug-likeness (QED) is 0.837. The Labute approximate surface area is 111 Å². The Kier molecular flexibility index (Phi) is 3.99. The maximum absolute atomic E-state index is 11.0. The van der Waals surface area contributed by atoms with Gasteiger partial charge in [0.2, 0.25) is 0 Å². The molecule has 2 atom stereocenters. The largest absolute Gasteiger partial charge is 0.388 e. The molecular weight excluding hydrogens is 224 g/mol. The first kappa shape index (κ1) is 13.8. The molecule has 2 unspecified atom stereocenters. The van der Waals surface area contributed by atoms with E-state index in [1.807, 2.05) is 0 Å². The second-order valence-corrected chi connectivity index (χ2v) is 6.18. The molecule has 0 aromatic carbocycles. The molecule has 0 bridgehead atoms. The standard InChI is InChI=1S/C15H26N2O/c1-3-13-5-6-14(11-13,12-16)15(18)7-9-17(4-2)10-8-15/h13,18H,3-11H2,1-2H3. The highest BCUT2D eigenvalue weighted by Gasteiger charge is 2.54. The summed E-state index contributed by atoms with van der Waals surface area (Å²) < 4.78 is 0. The van der Waals surface area contributed by atoms with Gasteiger partial charge in [-0.25, -0.2) is 0 Å². The number of likely N-dealkylation sites (tertiary alicyclic amines) is 1. The first-order chi connectivity index (χ1) is 8.59. The Morgan fingerprint density at radius 3 is 2.39 bits per heavy atom. The van der Waals surface area contributed by atoms with E-state index in [0.717, 1.165) is 58.2 Å². The molecule has 18 heavy (non-hydrogen) atoms. The molecule has 1 N–H and O–H groups in total. The summed E-state index contributed by atoms with van der Waals surface area (Å²) in [5.41, 5.74) is -1.20. The number of rotatable bonds is 3. The molecule has 102 valence electrons. The summed E-state index contributed by atoms with van der Waals surface area (Å²) in [6.45, 7) is 7.28. The van der Waals surface area contributed by atoms with E-state index in [-0.39, 0.29) is 0 Å². The second kappa shape index (κ2) is 5.19. The molecule has 1 saturated carbocycles. The van der Waals surface area contributed by atoms with Crippen LogP contribution in [0.5, 0.6) is 0 Å². The SMILES string of the molecule is CCC1CCC(C#N)(C2(O)CCN(CC)CC2)C1. The number of nitrogens with zero attached hydrogens (tertiary/aromatic N) is 2. The number of nitriles is 1. The molecule has 0 radical (unpaired) electrons. The van der Waals surface area contributed by atoms with Gasteiger partial charge in [-0.2, -0.15) is 5.26 Å². The van der Waals surface area contributed by atoms with Crippen LogP contribution < -0.4 is 0 Å². The topological polar surface area (TPSA) is 47.3 Å². The van der Waals surface area contributed by atoms with Crippen LogP contribution in [0.2, 0.25) is 0 Å². The van der Waals surface area contributed by atoms with Gasteiger partial charge in [0, 0.05) is 13.1 Å². The fraction of sp³-hybridized carbons (Fsp3) is 0.933. The lowest BCUT2D eigenvalue weighted by molar-refractivity contribution is -0.0955. The Morgan fingerprint density at radius 1 is 1.28 bits per heavy atom. The number of aliphatic hydroxyl groups is 1. The molecule has 0 aromatic heterocycles. The lowest BCUT2D eigenvalue weighted by Crippen LogP contribution is -2.53. The van der Waals surface area contributed by atoms with Crippen molar-refractivity contribution in [2.45, 2.75) is 58.0 Å². The van der Waals surface area contributed by atoms with Crippen LogP contribution in [0.4, 0.5) is 0 Å². The van der Waals surface area contributed by atoms with Crippen molar-refractivity contribution in [1.29, 1.82) is 5.26 Å². The van der Waals surface area contributed by atoms with Gasteiger partial charge in [-0.1, -0.05) is 20.3 Å². The molecule has 3 heteroatoms. The second-order valence-electron chi connectivity index (χ2n) is 6.18. The third-order valence-corrected chi connectivity index (χ3v) is 5.43. The minimum absolute atomic E-state index is 0.465. The van der Waals surface area contributed by atoms with Crippen molar-refractivity contribution < 1.29 is 5.11 Å². The smallest absolute Gasteiger partial charge is 0.0864 e. The molecule has 2 rings (SSSR count). The molecule has 0 amide bonds. The van der Waals surface area contributed by atoms with Crippen LogP contribution in [0.25, 0.3) is 0 Å². The number of hydrogen-bond donors (Lipinski definition) is 1. The average molecular weight is 250 g/mol. The van der Waals surface area contributed by atoms with Gasteiger partial charge >= 0.3 is 0 Å². The zero-order valence-corrected chi connectivity index (χ0v) is 11.8. The summed E-state index contributed by atoms with van der Waals surface area (Å²) >= 11 is 0. The summed E-state index contributed by atoms with van der Waals surface area (Å²) in [5, 5.41) is 20.6. The predicted molar refractivity (Wildman–Crippen MR) is 72.0 cm³/mol. The van der Waals surface area contributed by atoms with Crippen LogP contribution in [0.15, 0.2) is 0 Å². The lowest BCUT2D eigenvalue weighted by Gasteiger charge is -2.46. The van der Waals surface area contributed by atoms with E-state index in [2.05, 4.69) is 24.8 Å². The van der Waals surface area contributed by atoms with Crippen LogP contribution in [0.1, 0.15) is 52.4 Å². The van der Waals surface area contributed by atoms with Gasteiger partial charge in [-0.15, -0.1) is 0 Å². The molecular formula is C15H26N2O. The Morgan fingerprint density at radius 2 is 1.94 bits per heavy atom. The highest BCUT2D eigenvalue weighted by atomic mass is 16.3. The highest BCUT2D eigenvalue weighted by molar-refractivity contribution is 5.15. The van der Waals surface area contributed by atoms with Gasteiger partial charge in [0.25, 0.3) is 0 Å². The normalized spacial score (nSPS) is 36.4. The molecule has 0 spiro atoms. The van der Waals surface area contributed by atoms with E-state index in [4.69, 9.17) is 0 Å².